The monoisotopic (exact) mass is 425 g/mol. The van der Waals surface area contributed by atoms with Crippen LogP contribution in [-0.4, -0.2) is 23.3 Å². The minimum atomic E-state index is -0.159. The van der Waals surface area contributed by atoms with Gasteiger partial charge in [0.2, 0.25) is 5.91 Å². The lowest BCUT2D eigenvalue weighted by atomic mass is 10.1. The molecule has 0 atom stereocenters. The second-order valence-electron chi connectivity index (χ2n) is 7.76. The number of aryl methyl sites for hydroxylation is 1. The number of carbonyl (C=O) groups is 1. The molecule has 1 N–H and O–H groups in total. The summed E-state index contributed by atoms with van der Waals surface area (Å²) in [5.41, 5.74) is 8.14. The lowest BCUT2D eigenvalue weighted by Gasteiger charge is -2.06. The highest BCUT2D eigenvalue weighted by molar-refractivity contribution is 5.99. The van der Waals surface area contributed by atoms with Gasteiger partial charge in [0.1, 0.15) is 5.75 Å². The van der Waals surface area contributed by atoms with E-state index in [4.69, 9.17) is 4.74 Å². The van der Waals surface area contributed by atoms with Gasteiger partial charge in [0, 0.05) is 29.2 Å². The number of hydrazone groups is 1. The van der Waals surface area contributed by atoms with Crippen LogP contribution in [0.4, 0.5) is 0 Å². The van der Waals surface area contributed by atoms with E-state index in [1.807, 2.05) is 43.3 Å². The predicted octanol–water partition coefficient (Wildman–Crippen LogP) is 5.09. The summed E-state index contributed by atoms with van der Waals surface area (Å²) in [6, 6.07) is 24.3. The number of ether oxygens (including phenoxy) is 1. The van der Waals surface area contributed by atoms with Crippen molar-refractivity contribution in [3.05, 3.63) is 101 Å². The van der Waals surface area contributed by atoms with Crippen LogP contribution in [0.2, 0.25) is 0 Å². The van der Waals surface area contributed by atoms with E-state index >= 15 is 0 Å². The van der Waals surface area contributed by atoms with E-state index in [0.717, 1.165) is 34.3 Å². The molecule has 5 nitrogen and oxygen atoms in total. The fraction of sp³-hybridized carbons (Fsp3) is 0.185. The topological polar surface area (TPSA) is 55.6 Å². The van der Waals surface area contributed by atoms with Crippen LogP contribution >= 0.6 is 0 Å². The maximum absolute atomic E-state index is 12.3. The molecule has 5 heteroatoms. The number of hydrogen-bond acceptors (Lipinski definition) is 3. The van der Waals surface area contributed by atoms with Crippen molar-refractivity contribution in [3.63, 3.8) is 0 Å². The van der Waals surface area contributed by atoms with Crippen molar-refractivity contribution in [2.24, 2.45) is 5.10 Å². The SMILES string of the molecule is CCOc1ccc(CC(=O)N/N=C\c2cn(Cc3ccc(C)cc3)c3ccccc23)cc1. The molecule has 4 aromatic rings. The number of rotatable bonds is 8. The number of amides is 1. The fourth-order valence-corrected chi connectivity index (χ4v) is 3.67. The fourth-order valence-electron chi connectivity index (χ4n) is 3.67. The van der Waals surface area contributed by atoms with Gasteiger partial charge in [0.15, 0.2) is 0 Å². The lowest BCUT2D eigenvalue weighted by molar-refractivity contribution is -0.120. The summed E-state index contributed by atoms with van der Waals surface area (Å²) < 4.78 is 7.64. The highest BCUT2D eigenvalue weighted by Crippen LogP contribution is 2.21. The molecule has 3 aromatic carbocycles. The number of carbonyl (C=O) groups excluding carboxylic acids is 1. The minimum Gasteiger partial charge on any atom is -0.494 e. The number of nitrogens with one attached hydrogen (secondary N) is 1. The molecule has 0 unspecified atom stereocenters. The van der Waals surface area contributed by atoms with Crippen molar-refractivity contribution in [2.75, 3.05) is 6.61 Å². The van der Waals surface area contributed by atoms with Gasteiger partial charge in [0.25, 0.3) is 0 Å². The molecule has 32 heavy (non-hydrogen) atoms. The second-order valence-corrected chi connectivity index (χ2v) is 7.76. The summed E-state index contributed by atoms with van der Waals surface area (Å²) in [6.45, 7) is 5.43. The summed E-state index contributed by atoms with van der Waals surface area (Å²) in [4.78, 5) is 12.3. The highest BCUT2D eigenvalue weighted by atomic mass is 16.5. The zero-order chi connectivity index (χ0) is 22.3. The molecule has 1 aromatic heterocycles. The van der Waals surface area contributed by atoms with Crippen molar-refractivity contribution in [1.29, 1.82) is 0 Å². The summed E-state index contributed by atoms with van der Waals surface area (Å²) >= 11 is 0. The van der Waals surface area contributed by atoms with Crippen molar-refractivity contribution in [1.82, 2.24) is 9.99 Å². The van der Waals surface area contributed by atoms with E-state index in [1.165, 1.54) is 11.1 Å². The third-order valence-electron chi connectivity index (χ3n) is 5.28. The Hall–Kier alpha value is -3.86. The predicted molar refractivity (Wildman–Crippen MR) is 129 cm³/mol. The summed E-state index contributed by atoms with van der Waals surface area (Å²) in [5, 5.41) is 5.31. The minimum absolute atomic E-state index is 0.159. The van der Waals surface area contributed by atoms with Gasteiger partial charge in [-0.25, -0.2) is 5.43 Å². The Labute approximate surface area is 188 Å². The molecule has 0 aliphatic rings. The Morgan fingerprint density at radius 2 is 1.72 bits per heavy atom. The van der Waals surface area contributed by atoms with Gasteiger partial charge in [-0.15, -0.1) is 0 Å². The molecular formula is C27H27N3O2. The smallest absolute Gasteiger partial charge is 0.244 e. The van der Waals surface area contributed by atoms with Crippen LogP contribution < -0.4 is 10.2 Å². The van der Waals surface area contributed by atoms with E-state index in [0.29, 0.717) is 6.61 Å². The van der Waals surface area contributed by atoms with Crippen LogP contribution in [0.15, 0.2) is 84.1 Å². The summed E-state index contributed by atoms with van der Waals surface area (Å²) in [7, 11) is 0. The van der Waals surface area contributed by atoms with E-state index < -0.39 is 0 Å². The first-order valence-corrected chi connectivity index (χ1v) is 10.8. The zero-order valence-electron chi connectivity index (χ0n) is 18.4. The average molecular weight is 426 g/mol. The average Bonchev–Trinajstić information content (AvgIpc) is 3.14. The molecule has 1 heterocycles. The molecule has 0 spiro atoms. The van der Waals surface area contributed by atoms with Gasteiger partial charge in [-0.3, -0.25) is 4.79 Å². The van der Waals surface area contributed by atoms with E-state index in [-0.39, 0.29) is 12.3 Å². The van der Waals surface area contributed by atoms with Crippen LogP contribution in [0.25, 0.3) is 10.9 Å². The van der Waals surface area contributed by atoms with Gasteiger partial charge >= 0.3 is 0 Å². The molecule has 0 saturated carbocycles. The van der Waals surface area contributed by atoms with Crippen LogP contribution in [-0.2, 0) is 17.8 Å². The van der Waals surface area contributed by atoms with Crippen molar-refractivity contribution in [3.8, 4) is 5.75 Å². The quantitative estimate of drug-likeness (QED) is 0.316. The van der Waals surface area contributed by atoms with Crippen LogP contribution in [0, 0.1) is 6.92 Å². The number of nitrogens with zero attached hydrogens (tertiary/aromatic N) is 2. The molecule has 162 valence electrons. The van der Waals surface area contributed by atoms with E-state index in [1.54, 1.807) is 6.21 Å². The molecule has 0 radical (unpaired) electrons. The largest absolute Gasteiger partial charge is 0.494 e. The van der Waals surface area contributed by atoms with Gasteiger partial charge in [0.05, 0.1) is 19.2 Å². The molecule has 0 saturated heterocycles. The maximum Gasteiger partial charge on any atom is 0.244 e. The molecular weight excluding hydrogens is 398 g/mol. The lowest BCUT2D eigenvalue weighted by Crippen LogP contribution is -2.19. The van der Waals surface area contributed by atoms with Gasteiger partial charge in [-0.05, 0) is 43.2 Å². The molecule has 0 aliphatic heterocycles. The molecule has 0 fully saturated rings. The number of fused-ring (bicyclic) bond motifs is 1. The second kappa shape index (κ2) is 9.96. The number of benzene rings is 3. The van der Waals surface area contributed by atoms with Gasteiger partial charge in [-0.2, -0.15) is 5.10 Å². The van der Waals surface area contributed by atoms with Crippen LogP contribution in [0.1, 0.15) is 29.2 Å². The van der Waals surface area contributed by atoms with Crippen LogP contribution in [0.5, 0.6) is 5.75 Å². The summed E-state index contributed by atoms with van der Waals surface area (Å²) in [6.07, 6.45) is 4.05. The molecule has 1 amide bonds. The Bertz CT molecular complexity index is 1220. The van der Waals surface area contributed by atoms with Gasteiger partial charge < -0.3 is 9.30 Å². The summed E-state index contributed by atoms with van der Waals surface area (Å²) in [5.74, 6) is 0.644. The Kier molecular flexibility index (Phi) is 6.66. The number of aromatic nitrogens is 1. The highest BCUT2D eigenvalue weighted by Gasteiger charge is 2.08. The Morgan fingerprint density at radius 3 is 2.47 bits per heavy atom. The van der Waals surface area contributed by atoms with Crippen molar-refractivity contribution in [2.45, 2.75) is 26.8 Å². The number of hydrogen-bond donors (Lipinski definition) is 1. The first kappa shape index (κ1) is 21.4. The maximum atomic E-state index is 12.3. The zero-order valence-corrected chi connectivity index (χ0v) is 18.4. The van der Waals surface area contributed by atoms with Crippen molar-refractivity contribution < 1.29 is 9.53 Å². The third-order valence-corrected chi connectivity index (χ3v) is 5.28. The van der Waals surface area contributed by atoms with Gasteiger partial charge in [-0.1, -0.05) is 60.2 Å². The first-order chi connectivity index (χ1) is 15.6. The van der Waals surface area contributed by atoms with Crippen LogP contribution in [0.3, 0.4) is 0 Å². The number of para-hydroxylation sites is 1. The molecule has 0 aliphatic carbocycles. The Morgan fingerprint density at radius 1 is 1.00 bits per heavy atom. The standard InChI is InChI=1S/C27H27N3O2/c1-3-32-24-14-12-21(13-15-24)16-27(31)29-28-17-23-19-30(26-7-5-4-6-25(23)26)18-22-10-8-20(2)9-11-22/h4-15,17,19H,3,16,18H2,1-2H3,(H,29,31)/b28-17-. The first-order valence-electron chi connectivity index (χ1n) is 10.8. The normalized spacial score (nSPS) is 11.2. The van der Waals surface area contributed by atoms with E-state index in [9.17, 15) is 4.79 Å². The molecule has 0 bridgehead atoms. The third kappa shape index (κ3) is 5.24. The Balaban J connectivity index is 1.44. The van der Waals surface area contributed by atoms with E-state index in [2.05, 4.69) is 64.6 Å². The van der Waals surface area contributed by atoms with Crippen molar-refractivity contribution >= 4 is 23.0 Å². The molecule has 4 rings (SSSR count).